The van der Waals surface area contributed by atoms with Crippen LogP contribution in [0.1, 0.15) is 18.1 Å². The van der Waals surface area contributed by atoms with Crippen LogP contribution in [0.25, 0.3) is 12.2 Å². The molecule has 0 aliphatic rings. The smallest absolute Gasteiger partial charge is 0.0991 e. The Morgan fingerprint density at radius 3 is 2.06 bits per heavy atom. The van der Waals surface area contributed by atoms with E-state index in [1.165, 1.54) is 0 Å². The Labute approximate surface area is 96.7 Å². The zero-order valence-corrected chi connectivity index (χ0v) is 8.72. The minimum atomic E-state index is 0.514. The highest BCUT2D eigenvalue weighted by Crippen LogP contribution is 2.09. The Morgan fingerprint density at radius 2 is 1.50 bits per heavy atom. The molecule has 0 saturated carbocycles. The minimum absolute atomic E-state index is 0.514. The molecule has 0 saturated heterocycles. The van der Waals surface area contributed by atoms with Crippen molar-refractivity contribution in [3.05, 3.63) is 71.3 Å². The van der Waals surface area contributed by atoms with Gasteiger partial charge in [-0.3, -0.25) is 0 Å². The summed E-state index contributed by atoms with van der Waals surface area (Å²) >= 11 is 0. The summed E-state index contributed by atoms with van der Waals surface area (Å²) in [6.45, 7) is 0. The molecule has 76 valence electrons. The van der Waals surface area contributed by atoms with Gasteiger partial charge in [-0.15, -0.1) is 0 Å². The molecule has 1 heteroatoms. The van der Waals surface area contributed by atoms with Crippen LogP contribution in [0.15, 0.2) is 54.6 Å². The molecule has 0 atom stereocenters. The molecule has 0 spiro atoms. The second kappa shape index (κ2) is 4.95. The number of benzene rings is 2. The maximum absolute atomic E-state index is 8.68. The lowest BCUT2D eigenvalue weighted by Crippen LogP contribution is -1.75. The zero-order chi connectivity index (χ0) is 12.1. The summed E-state index contributed by atoms with van der Waals surface area (Å²) in [6.07, 6.45) is 3.97. The van der Waals surface area contributed by atoms with Crippen molar-refractivity contribution >= 4 is 12.2 Å². The molecule has 0 amide bonds. The fourth-order valence-corrected chi connectivity index (χ4v) is 1.37. The maximum Gasteiger partial charge on any atom is 0.0991 e. The second-order valence-electron chi connectivity index (χ2n) is 3.40. The van der Waals surface area contributed by atoms with E-state index in [4.69, 9.17) is 6.63 Å². The average molecular weight is 206 g/mol. The van der Waals surface area contributed by atoms with E-state index < -0.39 is 0 Å². The van der Waals surface area contributed by atoms with E-state index in [0.717, 1.165) is 11.1 Å². The number of hydrogen-bond donors (Lipinski definition) is 0. The van der Waals surface area contributed by atoms with Crippen LogP contribution in [0.5, 0.6) is 0 Å². The molecular weight excluding hydrogens is 194 g/mol. The summed E-state index contributed by atoms with van der Waals surface area (Å²) in [6, 6.07) is 17.4. The molecular formula is C15H11N. The van der Waals surface area contributed by atoms with Crippen molar-refractivity contribution in [3.63, 3.8) is 0 Å². The van der Waals surface area contributed by atoms with Crippen LogP contribution in [0, 0.1) is 11.3 Å². The van der Waals surface area contributed by atoms with E-state index in [0.29, 0.717) is 11.6 Å². The van der Waals surface area contributed by atoms with Gasteiger partial charge in [-0.1, -0.05) is 54.6 Å². The molecule has 0 aliphatic heterocycles. The van der Waals surface area contributed by atoms with Crippen LogP contribution < -0.4 is 0 Å². The normalized spacial score (nSPS) is 11.1. The van der Waals surface area contributed by atoms with Gasteiger partial charge in [-0.2, -0.15) is 5.26 Å². The first-order chi connectivity index (χ1) is 8.28. The summed E-state index contributed by atoms with van der Waals surface area (Å²) in [7, 11) is 0. The molecule has 0 radical (unpaired) electrons. The highest BCUT2D eigenvalue weighted by Gasteiger charge is 1.89. The fourth-order valence-electron chi connectivity index (χ4n) is 1.37. The lowest BCUT2D eigenvalue weighted by molar-refractivity contribution is 1.48. The van der Waals surface area contributed by atoms with Crippen molar-refractivity contribution in [3.8, 4) is 6.07 Å². The van der Waals surface area contributed by atoms with E-state index >= 15 is 0 Å². The molecule has 0 aliphatic carbocycles. The van der Waals surface area contributed by atoms with E-state index in [1.807, 2.05) is 36.4 Å². The van der Waals surface area contributed by atoms with Crippen LogP contribution in [0.4, 0.5) is 0 Å². The molecule has 2 rings (SSSR count). The molecule has 0 N–H and O–H groups in total. The first-order valence-corrected chi connectivity index (χ1v) is 5.03. The Kier molecular flexibility index (Phi) is 2.76. The molecule has 2 aromatic carbocycles. The second-order valence-corrected chi connectivity index (χ2v) is 3.40. The van der Waals surface area contributed by atoms with Crippen molar-refractivity contribution in [1.29, 1.82) is 5.26 Å². The van der Waals surface area contributed by atoms with E-state index in [9.17, 15) is 0 Å². The van der Waals surface area contributed by atoms with Crippen molar-refractivity contribution in [1.82, 2.24) is 0 Å². The lowest BCUT2D eigenvalue weighted by atomic mass is 10.1. The third kappa shape index (κ3) is 2.59. The summed E-state index contributed by atoms with van der Waals surface area (Å²) in [5, 5.41) is 8.68. The summed E-state index contributed by atoms with van der Waals surface area (Å²) in [4.78, 5) is 0. The summed E-state index contributed by atoms with van der Waals surface area (Å²) < 4.78 is 7.38. The standard InChI is InChI=1S/C15H11N/c16-12-15-10-8-14(9-11-15)7-6-13-4-2-1-3-5-13/h1-11H/b7-6+/i1D. The Bertz CT molecular complexity index is 559. The number of nitrogens with zero attached hydrogens (tertiary/aromatic N) is 1. The first-order valence-electron chi connectivity index (χ1n) is 5.53. The third-order valence-corrected chi connectivity index (χ3v) is 2.25. The summed E-state index contributed by atoms with van der Waals surface area (Å²) in [5.41, 5.74) is 2.78. The average Bonchev–Trinajstić information content (AvgIpc) is 2.39. The van der Waals surface area contributed by atoms with E-state index in [2.05, 4.69) is 6.07 Å². The van der Waals surface area contributed by atoms with Gasteiger partial charge < -0.3 is 0 Å². The maximum atomic E-state index is 8.68. The highest BCUT2D eigenvalue weighted by molar-refractivity contribution is 5.69. The quantitative estimate of drug-likeness (QED) is 0.687. The molecule has 16 heavy (non-hydrogen) atoms. The van der Waals surface area contributed by atoms with E-state index in [1.54, 1.807) is 24.3 Å². The van der Waals surface area contributed by atoms with Gasteiger partial charge in [0.05, 0.1) is 13.0 Å². The highest BCUT2D eigenvalue weighted by atomic mass is 14.2. The lowest BCUT2D eigenvalue weighted by Gasteiger charge is -1.94. The molecule has 0 aromatic heterocycles. The molecule has 0 bridgehead atoms. The molecule has 1 nitrogen and oxygen atoms in total. The van der Waals surface area contributed by atoms with Crippen molar-refractivity contribution < 1.29 is 1.37 Å². The van der Waals surface area contributed by atoms with Gasteiger partial charge >= 0.3 is 0 Å². The van der Waals surface area contributed by atoms with Crippen LogP contribution >= 0.6 is 0 Å². The molecule has 0 heterocycles. The minimum Gasteiger partial charge on any atom is -0.192 e. The van der Waals surface area contributed by atoms with Gasteiger partial charge in [0.15, 0.2) is 0 Å². The van der Waals surface area contributed by atoms with Gasteiger partial charge in [0, 0.05) is 0 Å². The molecule has 2 aromatic rings. The number of nitriles is 1. The predicted molar refractivity (Wildman–Crippen MR) is 66.5 cm³/mol. The van der Waals surface area contributed by atoms with Gasteiger partial charge in [0.25, 0.3) is 0 Å². The van der Waals surface area contributed by atoms with Gasteiger partial charge in [-0.05, 0) is 23.3 Å². The van der Waals surface area contributed by atoms with Crippen molar-refractivity contribution in [2.45, 2.75) is 0 Å². The molecule has 0 fully saturated rings. The van der Waals surface area contributed by atoms with Crippen LogP contribution in [-0.4, -0.2) is 0 Å². The van der Waals surface area contributed by atoms with Crippen molar-refractivity contribution in [2.75, 3.05) is 0 Å². The largest absolute Gasteiger partial charge is 0.192 e. The monoisotopic (exact) mass is 206 g/mol. The first kappa shape index (κ1) is 8.94. The Hall–Kier alpha value is -2.33. The van der Waals surface area contributed by atoms with Crippen LogP contribution in [0.2, 0.25) is 0 Å². The summed E-state index contributed by atoms with van der Waals surface area (Å²) in [5.74, 6) is 0. The van der Waals surface area contributed by atoms with Gasteiger partial charge in [-0.25, -0.2) is 0 Å². The zero-order valence-electron chi connectivity index (χ0n) is 9.72. The SMILES string of the molecule is [2H]c1ccc(/C=C/c2ccc(C#N)cc2)cc1. The topological polar surface area (TPSA) is 23.8 Å². The Morgan fingerprint density at radius 1 is 0.938 bits per heavy atom. The van der Waals surface area contributed by atoms with Gasteiger partial charge in [0.2, 0.25) is 0 Å². The third-order valence-electron chi connectivity index (χ3n) is 2.25. The Balaban J connectivity index is 2.14. The van der Waals surface area contributed by atoms with Crippen molar-refractivity contribution in [2.24, 2.45) is 0 Å². The molecule has 0 unspecified atom stereocenters. The number of rotatable bonds is 2. The predicted octanol–water partition coefficient (Wildman–Crippen LogP) is 3.73. The van der Waals surface area contributed by atoms with E-state index in [-0.39, 0.29) is 0 Å². The number of hydrogen-bond acceptors (Lipinski definition) is 1. The van der Waals surface area contributed by atoms with Gasteiger partial charge in [0.1, 0.15) is 0 Å². The fraction of sp³-hybridized carbons (Fsp3) is 0. The van der Waals surface area contributed by atoms with Crippen LogP contribution in [0.3, 0.4) is 0 Å². The van der Waals surface area contributed by atoms with Crippen LogP contribution in [-0.2, 0) is 0 Å².